The van der Waals surface area contributed by atoms with Crippen LogP contribution >= 0.6 is 0 Å². The number of hydrogen-bond donors (Lipinski definition) is 1. The van der Waals surface area contributed by atoms with Gasteiger partial charge in [0, 0.05) is 30.3 Å². The van der Waals surface area contributed by atoms with Gasteiger partial charge in [-0.1, -0.05) is 12.1 Å². The minimum Gasteiger partial charge on any atom is -0.310 e. The number of nitrogens with zero attached hydrogens (tertiary/aromatic N) is 5. The van der Waals surface area contributed by atoms with Gasteiger partial charge in [-0.2, -0.15) is 15.0 Å². The molecule has 25 heavy (non-hydrogen) atoms. The summed E-state index contributed by atoms with van der Waals surface area (Å²) in [5.74, 6) is 0.815. The summed E-state index contributed by atoms with van der Waals surface area (Å²) < 4.78 is 1.57. The first-order valence-corrected chi connectivity index (χ1v) is 7.84. The molecule has 0 radical (unpaired) electrons. The molecule has 0 fully saturated rings. The van der Waals surface area contributed by atoms with Gasteiger partial charge in [-0.05, 0) is 30.7 Å². The van der Waals surface area contributed by atoms with E-state index in [-0.39, 0.29) is 11.8 Å². The summed E-state index contributed by atoms with van der Waals surface area (Å²) in [5, 5.41) is 16.4. The van der Waals surface area contributed by atoms with Gasteiger partial charge in [-0.25, -0.2) is 9.97 Å². The molecule has 3 heterocycles. The highest BCUT2D eigenvalue weighted by molar-refractivity contribution is 5.95. The van der Waals surface area contributed by atoms with Crippen LogP contribution in [0.5, 0.6) is 0 Å². The van der Waals surface area contributed by atoms with Crippen LogP contribution in [0.4, 0.5) is 5.82 Å². The smallest absolute Gasteiger partial charge is 0.252 e. The molecule has 0 aliphatic carbocycles. The third-order valence-corrected chi connectivity index (χ3v) is 4.29. The van der Waals surface area contributed by atoms with E-state index in [1.54, 1.807) is 35.3 Å². The van der Waals surface area contributed by atoms with Crippen LogP contribution in [0.3, 0.4) is 0 Å². The number of anilines is 1. The zero-order valence-corrected chi connectivity index (χ0v) is 13.5. The van der Waals surface area contributed by atoms with Gasteiger partial charge in [0.2, 0.25) is 5.91 Å². The fraction of sp³-hybridized carbons (Fsp3) is 0.167. The lowest BCUT2D eigenvalue weighted by Gasteiger charge is -2.24. The van der Waals surface area contributed by atoms with Crippen molar-refractivity contribution >= 4 is 11.7 Å². The van der Waals surface area contributed by atoms with Crippen molar-refractivity contribution in [2.45, 2.75) is 19.3 Å². The average Bonchev–Trinajstić information content (AvgIpc) is 2.98. The van der Waals surface area contributed by atoms with Gasteiger partial charge in [0.15, 0.2) is 0 Å². The van der Waals surface area contributed by atoms with Gasteiger partial charge in [0.25, 0.3) is 5.95 Å². The monoisotopic (exact) mass is 330 g/mol. The first-order chi connectivity index (χ1) is 12.2. The lowest BCUT2D eigenvalue weighted by atomic mass is 9.85. The molecule has 3 aromatic rings. The molecule has 1 unspecified atom stereocenters. The average molecular weight is 330 g/mol. The van der Waals surface area contributed by atoms with Crippen LogP contribution < -0.4 is 5.32 Å². The number of aromatic nitrogens is 4. The second kappa shape index (κ2) is 5.83. The van der Waals surface area contributed by atoms with E-state index in [0.717, 1.165) is 16.8 Å². The molecule has 1 aromatic carbocycles. The number of rotatable bonds is 2. The van der Waals surface area contributed by atoms with Gasteiger partial charge in [0.05, 0.1) is 17.3 Å². The zero-order chi connectivity index (χ0) is 17.4. The fourth-order valence-electron chi connectivity index (χ4n) is 3.17. The van der Waals surface area contributed by atoms with Crippen LogP contribution in [0.15, 0.2) is 42.7 Å². The van der Waals surface area contributed by atoms with Gasteiger partial charge in [0.1, 0.15) is 5.82 Å². The van der Waals surface area contributed by atoms with Gasteiger partial charge >= 0.3 is 0 Å². The van der Waals surface area contributed by atoms with E-state index in [1.165, 1.54) is 0 Å². The Morgan fingerprint density at radius 3 is 2.64 bits per heavy atom. The molecule has 1 atom stereocenters. The SMILES string of the molecule is Cc1nn(-c2ncccn2)c2c1C(c1ccc(C#N)cc1)CC(=O)N2. The quantitative estimate of drug-likeness (QED) is 0.778. The number of hydrogen-bond acceptors (Lipinski definition) is 5. The highest BCUT2D eigenvalue weighted by atomic mass is 16.1. The second-order valence-corrected chi connectivity index (χ2v) is 5.85. The molecule has 0 spiro atoms. The molecule has 0 saturated carbocycles. The normalized spacial score (nSPS) is 16.0. The maximum absolute atomic E-state index is 12.3. The van der Waals surface area contributed by atoms with Crippen molar-refractivity contribution in [1.82, 2.24) is 19.7 Å². The van der Waals surface area contributed by atoms with Crippen molar-refractivity contribution in [3.8, 4) is 12.0 Å². The summed E-state index contributed by atoms with van der Waals surface area (Å²) in [6.45, 7) is 1.91. The van der Waals surface area contributed by atoms with E-state index in [0.29, 0.717) is 23.8 Å². The zero-order valence-electron chi connectivity index (χ0n) is 13.5. The Bertz CT molecular complexity index is 985. The Kier molecular flexibility index (Phi) is 3.51. The second-order valence-electron chi connectivity index (χ2n) is 5.85. The molecular weight excluding hydrogens is 316 g/mol. The summed E-state index contributed by atoms with van der Waals surface area (Å²) in [7, 11) is 0. The molecule has 2 aromatic heterocycles. The Balaban J connectivity index is 1.85. The molecule has 1 aliphatic rings. The molecule has 1 amide bonds. The highest BCUT2D eigenvalue weighted by Gasteiger charge is 2.33. The van der Waals surface area contributed by atoms with E-state index in [9.17, 15) is 4.79 Å². The third-order valence-electron chi connectivity index (χ3n) is 4.29. The van der Waals surface area contributed by atoms with Crippen LogP contribution in [-0.2, 0) is 4.79 Å². The topological polar surface area (TPSA) is 96.5 Å². The maximum atomic E-state index is 12.3. The van der Waals surface area contributed by atoms with Crippen molar-refractivity contribution in [1.29, 1.82) is 5.26 Å². The predicted molar refractivity (Wildman–Crippen MR) is 90.1 cm³/mol. The Morgan fingerprint density at radius 1 is 1.24 bits per heavy atom. The van der Waals surface area contributed by atoms with Crippen molar-refractivity contribution in [3.05, 3.63) is 65.1 Å². The van der Waals surface area contributed by atoms with Crippen molar-refractivity contribution in [2.24, 2.45) is 0 Å². The van der Waals surface area contributed by atoms with E-state index in [2.05, 4.69) is 26.5 Å². The van der Waals surface area contributed by atoms with Gasteiger partial charge in [-0.15, -0.1) is 0 Å². The summed E-state index contributed by atoms with van der Waals surface area (Å²) >= 11 is 0. The van der Waals surface area contributed by atoms with Crippen molar-refractivity contribution in [3.63, 3.8) is 0 Å². The molecule has 0 saturated heterocycles. The molecule has 1 N–H and O–H groups in total. The lowest BCUT2D eigenvalue weighted by Crippen LogP contribution is -2.25. The highest BCUT2D eigenvalue weighted by Crippen LogP contribution is 2.39. The third kappa shape index (κ3) is 2.54. The number of amides is 1. The summed E-state index contributed by atoms with van der Waals surface area (Å²) in [6.07, 6.45) is 3.60. The standard InChI is InChI=1S/C18H14N6O/c1-11-16-14(13-5-3-12(10-19)4-6-13)9-15(25)22-17(16)24(23-11)18-20-7-2-8-21-18/h2-8,14H,9H2,1H3,(H,22,25). The molecular formula is C18H14N6O. The number of fused-ring (bicyclic) bond motifs is 1. The van der Waals surface area contributed by atoms with Crippen LogP contribution in [0.25, 0.3) is 5.95 Å². The van der Waals surface area contributed by atoms with Crippen molar-refractivity contribution < 1.29 is 4.79 Å². The lowest BCUT2D eigenvalue weighted by molar-refractivity contribution is -0.116. The van der Waals surface area contributed by atoms with Gasteiger partial charge < -0.3 is 5.32 Å². The number of carbonyl (C=O) groups excluding carboxylic acids is 1. The molecule has 4 rings (SSSR count). The van der Waals surface area contributed by atoms with E-state index in [4.69, 9.17) is 5.26 Å². The fourth-order valence-corrected chi connectivity index (χ4v) is 3.17. The first-order valence-electron chi connectivity index (χ1n) is 7.84. The number of aryl methyl sites for hydroxylation is 1. The Labute approximate surface area is 144 Å². The largest absolute Gasteiger partial charge is 0.310 e. The number of nitrogens with one attached hydrogen (secondary N) is 1. The van der Waals surface area contributed by atoms with Crippen LogP contribution in [0, 0.1) is 18.3 Å². The Hall–Kier alpha value is -3.53. The summed E-state index contributed by atoms with van der Waals surface area (Å²) in [6, 6.07) is 11.1. The van der Waals surface area contributed by atoms with Crippen LogP contribution in [0.2, 0.25) is 0 Å². The van der Waals surface area contributed by atoms with Crippen LogP contribution in [0.1, 0.15) is 34.7 Å². The first kappa shape index (κ1) is 15.0. The predicted octanol–water partition coefficient (Wildman–Crippen LogP) is 2.32. The van der Waals surface area contributed by atoms with Gasteiger partial charge in [-0.3, -0.25) is 4.79 Å². The molecule has 7 nitrogen and oxygen atoms in total. The van der Waals surface area contributed by atoms with Crippen LogP contribution in [-0.4, -0.2) is 25.7 Å². The number of carbonyl (C=O) groups is 1. The number of nitriles is 1. The molecule has 1 aliphatic heterocycles. The Morgan fingerprint density at radius 2 is 1.96 bits per heavy atom. The molecule has 122 valence electrons. The van der Waals surface area contributed by atoms with E-state index in [1.807, 2.05) is 19.1 Å². The summed E-state index contributed by atoms with van der Waals surface area (Å²) in [5.41, 5.74) is 3.34. The minimum atomic E-state index is -0.117. The maximum Gasteiger partial charge on any atom is 0.252 e. The minimum absolute atomic E-state index is 0.0843. The molecule has 7 heteroatoms. The molecule has 0 bridgehead atoms. The van der Waals surface area contributed by atoms with E-state index < -0.39 is 0 Å². The van der Waals surface area contributed by atoms with Crippen molar-refractivity contribution in [2.75, 3.05) is 5.32 Å². The number of benzene rings is 1. The van der Waals surface area contributed by atoms with E-state index >= 15 is 0 Å². The summed E-state index contributed by atoms with van der Waals surface area (Å²) in [4.78, 5) is 20.7.